The highest BCUT2D eigenvalue weighted by atomic mass is 16.6. The van der Waals surface area contributed by atoms with E-state index in [1.807, 2.05) is 26.0 Å². The van der Waals surface area contributed by atoms with Gasteiger partial charge in [0.1, 0.15) is 0 Å². The van der Waals surface area contributed by atoms with Crippen LogP contribution in [0.3, 0.4) is 0 Å². The number of benzene rings is 2. The van der Waals surface area contributed by atoms with E-state index in [1.165, 1.54) is 6.07 Å². The normalized spacial score (nSPS) is 10.3. The topological polar surface area (TPSA) is 90.7 Å². The van der Waals surface area contributed by atoms with Crippen LogP contribution >= 0.6 is 0 Å². The second-order valence-corrected chi connectivity index (χ2v) is 5.59. The summed E-state index contributed by atoms with van der Waals surface area (Å²) in [4.78, 5) is 22.8. The molecule has 7 heteroatoms. The monoisotopic (exact) mass is 358 g/mol. The number of rotatable bonds is 8. The Hall–Kier alpha value is -3.09. The second kappa shape index (κ2) is 8.84. The summed E-state index contributed by atoms with van der Waals surface area (Å²) in [5.74, 6) is 0.894. The number of nitro groups is 1. The van der Waals surface area contributed by atoms with Crippen molar-refractivity contribution in [1.82, 2.24) is 5.32 Å². The van der Waals surface area contributed by atoms with Gasteiger partial charge in [0, 0.05) is 23.7 Å². The fourth-order valence-electron chi connectivity index (χ4n) is 2.44. The van der Waals surface area contributed by atoms with Gasteiger partial charge in [-0.15, -0.1) is 0 Å². The maximum Gasteiger partial charge on any atom is 0.273 e. The van der Waals surface area contributed by atoms with E-state index < -0.39 is 4.92 Å². The third kappa shape index (κ3) is 4.72. The SMILES string of the molecule is CCOc1ccc(CNC(=O)c2ccc(C)c([N+](=O)[O-])c2)cc1OCC. The smallest absolute Gasteiger partial charge is 0.273 e. The predicted molar refractivity (Wildman–Crippen MR) is 97.8 cm³/mol. The lowest BCUT2D eigenvalue weighted by Gasteiger charge is -2.13. The summed E-state index contributed by atoms with van der Waals surface area (Å²) in [5, 5.41) is 13.8. The van der Waals surface area contributed by atoms with Gasteiger partial charge in [-0.25, -0.2) is 0 Å². The minimum atomic E-state index is -0.493. The maximum atomic E-state index is 12.3. The number of nitrogens with one attached hydrogen (secondary N) is 1. The van der Waals surface area contributed by atoms with Crippen molar-refractivity contribution < 1.29 is 19.2 Å². The van der Waals surface area contributed by atoms with Crippen molar-refractivity contribution in [2.24, 2.45) is 0 Å². The van der Waals surface area contributed by atoms with E-state index in [0.29, 0.717) is 30.3 Å². The van der Waals surface area contributed by atoms with Crippen molar-refractivity contribution in [3.8, 4) is 11.5 Å². The zero-order chi connectivity index (χ0) is 19.1. The molecule has 0 saturated carbocycles. The summed E-state index contributed by atoms with van der Waals surface area (Å²) in [6.07, 6.45) is 0. The molecule has 0 spiro atoms. The first kappa shape index (κ1) is 19.2. The van der Waals surface area contributed by atoms with Gasteiger partial charge in [-0.05, 0) is 44.5 Å². The molecule has 0 fully saturated rings. The van der Waals surface area contributed by atoms with Crippen LogP contribution in [0, 0.1) is 17.0 Å². The highest BCUT2D eigenvalue weighted by Gasteiger charge is 2.15. The first-order chi connectivity index (χ1) is 12.5. The Balaban J connectivity index is 2.10. The van der Waals surface area contributed by atoms with Gasteiger partial charge in [0.05, 0.1) is 18.1 Å². The van der Waals surface area contributed by atoms with E-state index >= 15 is 0 Å². The molecular weight excluding hydrogens is 336 g/mol. The minimum absolute atomic E-state index is 0.0719. The van der Waals surface area contributed by atoms with Crippen molar-refractivity contribution in [1.29, 1.82) is 0 Å². The Morgan fingerprint density at radius 3 is 2.42 bits per heavy atom. The van der Waals surface area contributed by atoms with E-state index in [9.17, 15) is 14.9 Å². The molecule has 0 aliphatic heterocycles. The lowest BCUT2D eigenvalue weighted by Crippen LogP contribution is -2.23. The van der Waals surface area contributed by atoms with Crippen LogP contribution in [0.2, 0.25) is 0 Å². The largest absolute Gasteiger partial charge is 0.490 e. The van der Waals surface area contributed by atoms with Crippen LogP contribution in [0.5, 0.6) is 11.5 Å². The summed E-state index contributed by atoms with van der Waals surface area (Å²) in [7, 11) is 0. The van der Waals surface area contributed by atoms with Crippen LogP contribution in [0.25, 0.3) is 0 Å². The van der Waals surface area contributed by atoms with Crippen LogP contribution < -0.4 is 14.8 Å². The third-order valence-electron chi connectivity index (χ3n) is 3.73. The van der Waals surface area contributed by atoms with Crippen molar-refractivity contribution in [3.05, 3.63) is 63.2 Å². The Kier molecular flexibility index (Phi) is 6.54. The van der Waals surface area contributed by atoms with E-state index in [0.717, 1.165) is 5.56 Å². The molecule has 2 aromatic carbocycles. The molecule has 0 unspecified atom stereocenters. The fraction of sp³-hybridized carbons (Fsp3) is 0.316. The van der Waals surface area contributed by atoms with Crippen LogP contribution in [-0.2, 0) is 6.54 Å². The molecule has 1 N–H and O–H groups in total. The first-order valence-electron chi connectivity index (χ1n) is 8.38. The standard InChI is InChI=1S/C19H22N2O5/c1-4-25-17-9-7-14(10-18(17)26-5-2)12-20-19(22)15-8-6-13(3)16(11-15)21(23)24/h6-11H,4-5,12H2,1-3H3,(H,20,22). The Bertz CT molecular complexity index is 805. The number of ether oxygens (including phenoxy) is 2. The maximum absolute atomic E-state index is 12.3. The highest BCUT2D eigenvalue weighted by Crippen LogP contribution is 2.28. The fourth-order valence-corrected chi connectivity index (χ4v) is 2.44. The van der Waals surface area contributed by atoms with Gasteiger partial charge >= 0.3 is 0 Å². The Morgan fingerprint density at radius 1 is 1.08 bits per heavy atom. The lowest BCUT2D eigenvalue weighted by atomic mass is 10.1. The van der Waals surface area contributed by atoms with Crippen molar-refractivity contribution in [2.75, 3.05) is 13.2 Å². The number of hydrogen-bond donors (Lipinski definition) is 1. The summed E-state index contributed by atoms with van der Waals surface area (Å²) >= 11 is 0. The molecule has 0 aliphatic carbocycles. The van der Waals surface area contributed by atoms with Crippen LogP contribution in [0.1, 0.15) is 35.3 Å². The zero-order valence-electron chi connectivity index (χ0n) is 15.1. The number of nitro benzene ring substituents is 1. The molecule has 2 aromatic rings. The summed E-state index contributed by atoms with van der Waals surface area (Å²) in [6, 6.07) is 9.87. The number of hydrogen-bond acceptors (Lipinski definition) is 5. The molecule has 2 rings (SSSR count). The van der Waals surface area contributed by atoms with E-state index in [4.69, 9.17) is 9.47 Å². The van der Waals surface area contributed by atoms with Crippen molar-refractivity contribution >= 4 is 11.6 Å². The van der Waals surface area contributed by atoms with Crippen molar-refractivity contribution in [3.63, 3.8) is 0 Å². The van der Waals surface area contributed by atoms with Crippen LogP contribution in [-0.4, -0.2) is 24.0 Å². The van der Waals surface area contributed by atoms with Gasteiger partial charge in [0.2, 0.25) is 0 Å². The van der Waals surface area contributed by atoms with Gasteiger partial charge < -0.3 is 14.8 Å². The number of carbonyl (C=O) groups is 1. The van der Waals surface area contributed by atoms with E-state index in [-0.39, 0.29) is 23.7 Å². The molecule has 0 bridgehead atoms. The molecule has 0 radical (unpaired) electrons. The Morgan fingerprint density at radius 2 is 1.77 bits per heavy atom. The van der Waals surface area contributed by atoms with Crippen LogP contribution in [0.15, 0.2) is 36.4 Å². The summed E-state index contributed by atoms with van der Waals surface area (Å²) in [5.41, 5.74) is 1.53. The molecular formula is C19H22N2O5. The second-order valence-electron chi connectivity index (χ2n) is 5.59. The molecule has 7 nitrogen and oxygen atoms in total. The van der Waals surface area contributed by atoms with Gasteiger partial charge in [0.25, 0.3) is 11.6 Å². The van der Waals surface area contributed by atoms with Gasteiger partial charge in [-0.2, -0.15) is 0 Å². The molecule has 1 amide bonds. The Labute approximate surface area is 152 Å². The average molecular weight is 358 g/mol. The average Bonchev–Trinajstić information content (AvgIpc) is 2.62. The predicted octanol–water partition coefficient (Wildman–Crippen LogP) is 3.63. The molecule has 138 valence electrons. The van der Waals surface area contributed by atoms with Crippen LogP contribution in [0.4, 0.5) is 5.69 Å². The molecule has 0 heterocycles. The molecule has 0 aromatic heterocycles. The summed E-state index contributed by atoms with van der Waals surface area (Å²) in [6.45, 7) is 6.71. The molecule has 0 atom stereocenters. The number of nitrogens with zero attached hydrogens (tertiary/aromatic N) is 1. The minimum Gasteiger partial charge on any atom is -0.490 e. The number of amides is 1. The zero-order valence-corrected chi connectivity index (χ0v) is 15.1. The quantitative estimate of drug-likeness (QED) is 0.575. The van der Waals surface area contributed by atoms with Gasteiger partial charge in [0.15, 0.2) is 11.5 Å². The summed E-state index contributed by atoms with van der Waals surface area (Å²) < 4.78 is 11.1. The number of aryl methyl sites for hydroxylation is 1. The number of carbonyl (C=O) groups excluding carboxylic acids is 1. The van der Waals surface area contributed by atoms with Gasteiger partial charge in [-0.1, -0.05) is 12.1 Å². The first-order valence-corrected chi connectivity index (χ1v) is 8.38. The van der Waals surface area contributed by atoms with E-state index in [1.54, 1.807) is 25.1 Å². The van der Waals surface area contributed by atoms with E-state index in [2.05, 4.69) is 5.32 Å². The highest BCUT2D eigenvalue weighted by molar-refractivity contribution is 5.94. The lowest BCUT2D eigenvalue weighted by molar-refractivity contribution is -0.385. The van der Waals surface area contributed by atoms with Gasteiger partial charge in [-0.3, -0.25) is 14.9 Å². The molecule has 26 heavy (non-hydrogen) atoms. The van der Waals surface area contributed by atoms with Crippen molar-refractivity contribution in [2.45, 2.75) is 27.3 Å². The third-order valence-corrected chi connectivity index (χ3v) is 3.73. The molecule has 0 aliphatic rings. The molecule has 0 saturated heterocycles.